The second-order valence-electron chi connectivity index (χ2n) is 8.09. The van der Waals surface area contributed by atoms with Crippen molar-refractivity contribution in [1.82, 2.24) is 19.1 Å². The average Bonchev–Trinajstić information content (AvgIpc) is 2.44. The molecule has 0 saturated carbocycles. The predicted molar refractivity (Wildman–Crippen MR) is 103 cm³/mol. The van der Waals surface area contributed by atoms with Crippen LogP contribution in [0.3, 0.4) is 0 Å². The fourth-order valence-electron chi connectivity index (χ4n) is 2.05. The van der Waals surface area contributed by atoms with Crippen LogP contribution in [0.4, 0.5) is 5.82 Å². The number of rotatable bonds is 1. The van der Waals surface area contributed by atoms with Gasteiger partial charge in [-0.2, -0.15) is 4.98 Å². The monoisotopic (exact) mass is 629 g/mol. The first kappa shape index (κ1) is 23.4. The topological polar surface area (TPSA) is 91.3 Å². The van der Waals surface area contributed by atoms with E-state index in [-0.39, 0.29) is 16.8 Å². The van der Waals surface area contributed by atoms with Crippen LogP contribution in [-0.2, 0) is 11.1 Å². The van der Waals surface area contributed by atoms with Gasteiger partial charge in [-0.25, -0.2) is 4.79 Å². The van der Waals surface area contributed by atoms with Crippen LogP contribution in [0.1, 0.15) is 41.5 Å². The second kappa shape index (κ2) is 8.16. The molecule has 0 aliphatic heterocycles. The average molecular weight is 629 g/mol. The maximum Gasteiger partial charge on any atom is 0.349 e. The van der Waals surface area contributed by atoms with Gasteiger partial charge in [0.1, 0.15) is 5.82 Å². The molecular formula is C18H28N5O3Rf-. The van der Waals surface area contributed by atoms with E-state index in [1.54, 1.807) is 10.8 Å². The molecular weight excluding hydrogens is 601 g/mol. The fraction of sp³-hybridized carbons (Fsp3) is 0.556. The summed E-state index contributed by atoms with van der Waals surface area (Å²) in [7, 11) is 3.73. The molecule has 0 amide bonds. The minimum Gasteiger partial charge on any atom is -0.411 e. The Morgan fingerprint density at radius 2 is 1.37 bits per heavy atom. The Kier molecular flexibility index (Phi) is 7.06. The summed E-state index contributed by atoms with van der Waals surface area (Å²) in [5.41, 5.74) is -1.72. The largest absolute Gasteiger partial charge is 0.411 e. The molecule has 0 radical (unpaired) electrons. The van der Waals surface area contributed by atoms with Crippen molar-refractivity contribution in [2.45, 2.75) is 52.6 Å². The summed E-state index contributed by atoms with van der Waals surface area (Å²) < 4.78 is 3.05. The van der Waals surface area contributed by atoms with Gasteiger partial charge in [0.2, 0.25) is 0 Å². The quantitative estimate of drug-likeness (QED) is 0.468. The van der Waals surface area contributed by atoms with Gasteiger partial charge in [0, 0.05) is 25.8 Å². The first-order valence-corrected chi connectivity index (χ1v) is 8.28. The Morgan fingerprint density at radius 1 is 0.889 bits per heavy atom. The molecule has 0 aliphatic carbocycles. The first-order chi connectivity index (χ1) is 11.7. The molecule has 2 aromatic heterocycles. The van der Waals surface area contributed by atoms with E-state index in [9.17, 15) is 14.4 Å². The Labute approximate surface area is 153 Å². The third-order valence-electron chi connectivity index (χ3n) is 3.47. The summed E-state index contributed by atoms with van der Waals surface area (Å²) in [6.07, 6.45) is 3.25. The van der Waals surface area contributed by atoms with Crippen LogP contribution < -0.4 is 26.8 Å². The SMILES string of the molecule is CC(C)(C)n1ccc(=O)[n-]c1=O.CN(C)c1ccn(C(C)(C)C)c(=O)n1.[Rf]. The summed E-state index contributed by atoms with van der Waals surface area (Å²) in [5.74, 6) is 0.690. The van der Waals surface area contributed by atoms with Crippen LogP contribution in [0, 0.1) is 0 Å². The van der Waals surface area contributed by atoms with Crippen LogP contribution in [0.15, 0.2) is 38.9 Å². The summed E-state index contributed by atoms with van der Waals surface area (Å²) in [6, 6.07) is 3.12. The maximum atomic E-state index is 11.6. The van der Waals surface area contributed by atoms with E-state index >= 15 is 0 Å². The fourth-order valence-corrected chi connectivity index (χ4v) is 2.05. The zero-order valence-corrected chi connectivity index (χ0v) is 23.9. The van der Waals surface area contributed by atoms with E-state index in [1.807, 2.05) is 66.6 Å². The first-order valence-electron chi connectivity index (χ1n) is 8.28. The Morgan fingerprint density at radius 3 is 1.74 bits per heavy atom. The van der Waals surface area contributed by atoms with Crippen molar-refractivity contribution < 1.29 is 0 Å². The summed E-state index contributed by atoms with van der Waals surface area (Å²) in [4.78, 5) is 42.5. The van der Waals surface area contributed by atoms with Gasteiger partial charge in [-0.15, -0.1) is 0 Å². The van der Waals surface area contributed by atoms with E-state index in [2.05, 4.69) is 9.97 Å². The Bertz CT molecular complexity index is 914. The van der Waals surface area contributed by atoms with Gasteiger partial charge < -0.3 is 14.5 Å². The molecule has 0 aromatic carbocycles. The molecule has 0 aliphatic rings. The third-order valence-corrected chi connectivity index (χ3v) is 3.47. The molecule has 0 spiro atoms. The van der Waals surface area contributed by atoms with E-state index in [0.29, 0.717) is 5.82 Å². The number of hydrogen-bond acceptors (Lipinski definition) is 5. The van der Waals surface area contributed by atoms with Gasteiger partial charge in [-0.3, -0.25) is 14.2 Å². The predicted octanol–water partition coefficient (Wildman–Crippen LogP) is 0.985. The van der Waals surface area contributed by atoms with E-state index in [4.69, 9.17) is 0 Å². The second-order valence-corrected chi connectivity index (χ2v) is 8.09. The third kappa shape index (κ3) is 6.30. The van der Waals surface area contributed by atoms with Crippen LogP contribution in [-0.4, -0.2) is 28.2 Å². The molecule has 2 rings (SSSR count). The zero-order valence-electron chi connectivity index (χ0n) is 17.5. The molecule has 0 N–H and O–H groups in total. The maximum absolute atomic E-state index is 11.6. The van der Waals surface area contributed by atoms with Gasteiger partial charge in [0.05, 0.1) is 0 Å². The van der Waals surface area contributed by atoms with Crippen LogP contribution in [0.25, 0.3) is 0 Å². The molecule has 0 bridgehead atoms. The van der Waals surface area contributed by atoms with E-state index < -0.39 is 11.2 Å². The minimum atomic E-state index is -0.491. The van der Waals surface area contributed by atoms with Gasteiger partial charge >= 0.3 is 5.69 Å². The van der Waals surface area contributed by atoms with Crippen molar-refractivity contribution >= 4 is 5.82 Å². The Balaban J connectivity index is 0.000000488. The number of hydrogen-bond donors (Lipinski definition) is 0. The summed E-state index contributed by atoms with van der Waals surface area (Å²) in [5, 5.41) is 0. The van der Waals surface area contributed by atoms with Gasteiger partial charge in [-0.05, 0) is 38.4 Å². The zero-order chi connectivity index (χ0) is 20.3. The van der Waals surface area contributed by atoms with E-state index in [1.165, 1.54) is 16.8 Å². The number of anilines is 1. The van der Waals surface area contributed by atoms with Gasteiger partial charge in [0.25, 0.3) is 0 Å². The molecule has 0 unspecified atom stereocenters. The molecule has 0 atom stereocenters. The number of aromatic nitrogens is 4. The number of nitrogens with zero attached hydrogens (tertiary/aromatic N) is 5. The van der Waals surface area contributed by atoms with Gasteiger partial charge in [-0.1, -0.05) is 27.0 Å². The minimum absolute atomic E-state index is 0. The summed E-state index contributed by atoms with van der Waals surface area (Å²) in [6.45, 7) is 11.6. The molecule has 2 heterocycles. The molecule has 2 aromatic rings. The van der Waals surface area contributed by atoms with Crippen molar-refractivity contribution in [2.75, 3.05) is 19.0 Å². The van der Waals surface area contributed by atoms with Crippen molar-refractivity contribution in [2.24, 2.45) is 0 Å². The standard InChI is InChI=1S/C10H17N3O.C8H12N2O2.Rf/c1-10(2,3)13-7-6-8(12(4)5)11-9(13)14;1-8(2,3)10-5-4-6(11)9-7(10)12;/h6-7H,1-5H3;4-5H,1-3H3,(H,9,11,12);/p-1. The van der Waals surface area contributed by atoms with Crippen LogP contribution in [0.2, 0.25) is 0 Å². The van der Waals surface area contributed by atoms with Crippen LogP contribution >= 0.6 is 0 Å². The summed E-state index contributed by atoms with van der Waals surface area (Å²) >= 11 is 0. The van der Waals surface area contributed by atoms with Crippen LogP contribution in [0.5, 0.6) is 0 Å². The van der Waals surface area contributed by atoms with Crippen molar-refractivity contribution in [3.05, 3.63) is 55.8 Å². The molecule has 146 valence electrons. The molecule has 8 nitrogen and oxygen atoms in total. The molecule has 27 heavy (non-hydrogen) atoms. The van der Waals surface area contributed by atoms with Gasteiger partial charge in [0.15, 0.2) is 11.2 Å². The van der Waals surface area contributed by atoms with E-state index in [0.717, 1.165) is 0 Å². The smallest absolute Gasteiger partial charge is 0.349 e. The molecule has 0 saturated heterocycles. The Hall–Kier alpha value is -3.64. The van der Waals surface area contributed by atoms with Crippen molar-refractivity contribution in [3.63, 3.8) is 0 Å². The molecule has 0 fully saturated rings. The normalized spacial score (nSPS) is 11.1. The van der Waals surface area contributed by atoms with Crippen molar-refractivity contribution in [3.8, 4) is 0 Å². The molecule has 9 heteroatoms. The van der Waals surface area contributed by atoms with Crippen molar-refractivity contribution in [1.29, 1.82) is 0 Å².